The normalized spacial score (nSPS) is 11.6. The highest BCUT2D eigenvalue weighted by molar-refractivity contribution is 14.1. The lowest BCUT2D eigenvalue weighted by Gasteiger charge is -2.04. The number of carbonyl (C=O) groups is 1. The molecule has 0 saturated heterocycles. The molecule has 0 atom stereocenters. The van der Waals surface area contributed by atoms with Crippen molar-refractivity contribution in [3.05, 3.63) is 45.3 Å². The lowest BCUT2D eigenvalue weighted by Crippen LogP contribution is -2.12. The van der Waals surface area contributed by atoms with E-state index in [-0.39, 0.29) is 28.2 Å². The predicted molar refractivity (Wildman–Crippen MR) is 97.5 cm³/mol. The van der Waals surface area contributed by atoms with E-state index in [0.29, 0.717) is 9.13 Å². The molecule has 25 heavy (non-hydrogen) atoms. The fraction of sp³-hybridized carbons (Fsp3) is 0.0667. The molecule has 2 heterocycles. The zero-order valence-corrected chi connectivity index (χ0v) is 15.6. The number of rotatable bonds is 4. The number of pyridine rings is 1. The van der Waals surface area contributed by atoms with Crippen LogP contribution < -0.4 is 4.72 Å². The van der Waals surface area contributed by atoms with Crippen LogP contribution in [0.2, 0.25) is 0 Å². The van der Waals surface area contributed by atoms with Crippen molar-refractivity contribution in [1.82, 2.24) is 4.98 Å². The highest BCUT2D eigenvalue weighted by atomic mass is 127. The highest BCUT2D eigenvalue weighted by Gasteiger charge is 2.24. The first-order valence-electron chi connectivity index (χ1n) is 6.76. The summed E-state index contributed by atoms with van der Waals surface area (Å²) >= 11 is 1.84. The second-order valence-corrected chi connectivity index (χ2v) is 8.07. The molecule has 0 aliphatic carbocycles. The highest BCUT2D eigenvalue weighted by Crippen LogP contribution is 2.35. The Labute approximate surface area is 155 Å². The van der Waals surface area contributed by atoms with Crippen molar-refractivity contribution >= 4 is 55.5 Å². The molecule has 3 aromatic rings. The second kappa shape index (κ2) is 6.26. The first-order chi connectivity index (χ1) is 11.7. The maximum atomic E-state index is 13.1. The number of furan rings is 1. The molecule has 2 aromatic heterocycles. The number of hydrogen-bond donors (Lipinski definition) is 2. The molecule has 7 nitrogen and oxygen atoms in total. The number of anilines is 1. The largest absolute Gasteiger partial charge is 0.478 e. The molecule has 0 fully saturated rings. The number of carboxylic acids is 1. The number of halogens is 2. The van der Waals surface area contributed by atoms with Crippen molar-refractivity contribution in [3.8, 4) is 11.3 Å². The van der Waals surface area contributed by atoms with Crippen LogP contribution in [0.15, 0.2) is 34.7 Å². The Balaban J connectivity index is 2.26. The first-order valence-corrected chi connectivity index (χ1v) is 9.73. The summed E-state index contributed by atoms with van der Waals surface area (Å²) in [7, 11) is -3.56. The van der Waals surface area contributed by atoms with Crippen molar-refractivity contribution in [3.63, 3.8) is 0 Å². The van der Waals surface area contributed by atoms with Crippen molar-refractivity contribution < 1.29 is 27.1 Å². The smallest absolute Gasteiger partial charge is 0.340 e. The summed E-state index contributed by atoms with van der Waals surface area (Å²) in [6.45, 7) is 0. The molecule has 3 rings (SSSR count). The second-order valence-electron chi connectivity index (χ2n) is 5.16. The molecule has 0 unspecified atom stereocenters. The Morgan fingerprint density at radius 2 is 1.96 bits per heavy atom. The number of benzene rings is 1. The number of hydrogen-bond acceptors (Lipinski definition) is 5. The van der Waals surface area contributed by atoms with E-state index in [4.69, 9.17) is 4.42 Å². The molecule has 0 aliphatic rings. The van der Waals surface area contributed by atoms with Crippen LogP contribution >= 0.6 is 22.6 Å². The van der Waals surface area contributed by atoms with E-state index in [1.807, 2.05) is 22.6 Å². The van der Waals surface area contributed by atoms with Gasteiger partial charge in [-0.05, 0) is 52.9 Å². The summed E-state index contributed by atoms with van der Waals surface area (Å²) in [5, 5.41) is 9.76. The van der Waals surface area contributed by atoms with Gasteiger partial charge >= 0.3 is 5.97 Å². The number of aromatic carboxylic acids is 1. The van der Waals surface area contributed by atoms with E-state index in [1.54, 1.807) is 0 Å². The number of fused-ring (bicyclic) bond motifs is 1. The van der Waals surface area contributed by atoms with Gasteiger partial charge in [-0.1, -0.05) is 0 Å². The van der Waals surface area contributed by atoms with Crippen LogP contribution in [0.4, 0.5) is 10.2 Å². The molecule has 0 radical (unpaired) electrons. The minimum absolute atomic E-state index is 0.0160. The Bertz CT molecular complexity index is 1090. The molecule has 0 spiro atoms. The van der Waals surface area contributed by atoms with Gasteiger partial charge in [-0.15, -0.1) is 0 Å². The zero-order chi connectivity index (χ0) is 18.4. The number of sulfonamides is 1. The Hall–Kier alpha value is -2.21. The molecule has 10 heteroatoms. The van der Waals surface area contributed by atoms with Gasteiger partial charge in [0.05, 0.1) is 15.2 Å². The van der Waals surface area contributed by atoms with Gasteiger partial charge in [0, 0.05) is 5.56 Å². The van der Waals surface area contributed by atoms with Gasteiger partial charge in [0.15, 0.2) is 11.6 Å². The Morgan fingerprint density at radius 3 is 2.52 bits per heavy atom. The standard InChI is InChI=1S/C15H10FIN2O5S/c1-25(22,23)19-13-10(17)6-9-11(15(20)21)12(24-14(9)18-13)7-2-4-8(16)5-3-7/h2-6H,1H3,(H,18,19)(H,20,21). The minimum atomic E-state index is -3.56. The van der Waals surface area contributed by atoms with Crippen molar-refractivity contribution in [2.45, 2.75) is 0 Å². The molecule has 0 saturated carbocycles. The third-order valence-electron chi connectivity index (χ3n) is 3.24. The molecular formula is C15H10FIN2O5S. The van der Waals surface area contributed by atoms with Gasteiger partial charge in [0.2, 0.25) is 15.7 Å². The van der Waals surface area contributed by atoms with Crippen molar-refractivity contribution in [1.29, 1.82) is 0 Å². The lowest BCUT2D eigenvalue weighted by molar-refractivity contribution is 0.0699. The quantitative estimate of drug-likeness (QED) is 0.560. The summed E-state index contributed by atoms with van der Waals surface area (Å²) in [6.07, 6.45) is 0.976. The van der Waals surface area contributed by atoms with Gasteiger partial charge in [-0.2, -0.15) is 4.98 Å². The minimum Gasteiger partial charge on any atom is -0.478 e. The van der Waals surface area contributed by atoms with Crippen LogP contribution in [0.3, 0.4) is 0 Å². The maximum Gasteiger partial charge on any atom is 0.340 e. The SMILES string of the molecule is CS(=O)(=O)Nc1nc2oc(-c3ccc(F)cc3)c(C(=O)O)c2cc1I. The van der Waals surface area contributed by atoms with E-state index in [2.05, 4.69) is 9.71 Å². The molecular weight excluding hydrogens is 466 g/mol. The van der Waals surface area contributed by atoms with Gasteiger partial charge in [-0.3, -0.25) is 4.72 Å². The number of carboxylic acid groups (broad SMARTS) is 1. The van der Waals surface area contributed by atoms with Crippen LogP contribution in [0.25, 0.3) is 22.4 Å². The van der Waals surface area contributed by atoms with Crippen LogP contribution in [0, 0.1) is 9.39 Å². The third-order valence-corrected chi connectivity index (χ3v) is 4.62. The average molecular weight is 476 g/mol. The topological polar surface area (TPSA) is 110 Å². The zero-order valence-electron chi connectivity index (χ0n) is 12.6. The first kappa shape index (κ1) is 17.6. The van der Waals surface area contributed by atoms with E-state index in [0.717, 1.165) is 6.26 Å². The van der Waals surface area contributed by atoms with E-state index >= 15 is 0 Å². The van der Waals surface area contributed by atoms with Crippen molar-refractivity contribution in [2.24, 2.45) is 0 Å². The Morgan fingerprint density at radius 1 is 1.32 bits per heavy atom. The Kier molecular flexibility index (Phi) is 4.41. The van der Waals surface area contributed by atoms with Crippen molar-refractivity contribution in [2.75, 3.05) is 11.0 Å². The number of nitrogens with one attached hydrogen (secondary N) is 1. The van der Waals surface area contributed by atoms with Crippen LogP contribution in [-0.4, -0.2) is 30.7 Å². The number of nitrogens with zero attached hydrogens (tertiary/aromatic N) is 1. The summed E-state index contributed by atoms with van der Waals surface area (Å²) < 4.78 is 44.1. The van der Waals surface area contributed by atoms with Gasteiger partial charge in [0.1, 0.15) is 11.4 Å². The average Bonchev–Trinajstić information content (AvgIpc) is 2.85. The number of aromatic nitrogens is 1. The van der Waals surface area contributed by atoms with Gasteiger partial charge in [0.25, 0.3) is 0 Å². The van der Waals surface area contributed by atoms with Crippen LogP contribution in [-0.2, 0) is 10.0 Å². The van der Waals surface area contributed by atoms with Crippen LogP contribution in [0.1, 0.15) is 10.4 Å². The summed E-state index contributed by atoms with van der Waals surface area (Å²) in [6, 6.07) is 6.61. The molecule has 0 aliphatic heterocycles. The lowest BCUT2D eigenvalue weighted by atomic mass is 10.1. The van der Waals surface area contributed by atoms with Gasteiger partial charge < -0.3 is 9.52 Å². The molecule has 0 amide bonds. The molecule has 1 aromatic carbocycles. The fourth-order valence-corrected chi connectivity index (χ4v) is 3.52. The molecule has 130 valence electrons. The predicted octanol–water partition coefficient (Wildman–Crippen LogP) is 3.31. The molecule has 0 bridgehead atoms. The summed E-state index contributed by atoms with van der Waals surface area (Å²) in [5.74, 6) is -1.65. The third kappa shape index (κ3) is 3.58. The van der Waals surface area contributed by atoms with E-state index in [1.165, 1.54) is 30.3 Å². The van der Waals surface area contributed by atoms with E-state index in [9.17, 15) is 22.7 Å². The monoisotopic (exact) mass is 476 g/mol. The summed E-state index contributed by atoms with van der Waals surface area (Å²) in [5.41, 5.74) is 0.200. The summed E-state index contributed by atoms with van der Waals surface area (Å²) in [4.78, 5) is 15.8. The molecule has 2 N–H and O–H groups in total. The fourth-order valence-electron chi connectivity index (χ4n) is 2.26. The maximum absolute atomic E-state index is 13.1. The van der Waals surface area contributed by atoms with Crippen LogP contribution in [0.5, 0.6) is 0 Å². The van der Waals surface area contributed by atoms with Gasteiger partial charge in [-0.25, -0.2) is 17.6 Å². The van der Waals surface area contributed by atoms with E-state index < -0.39 is 21.8 Å².